The van der Waals surface area contributed by atoms with Crippen LogP contribution in [-0.2, 0) is 16.0 Å². The van der Waals surface area contributed by atoms with Crippen molar-refractivity contribution < 1.29 is 13.9 Å². The molecule has 1 aromatic heterocycles. The third-order valence-electron chi connectivity index (χ3n) is 2.52. The van der Waals surface area contributed by atoms with Crippen LogP contribution in [0.4, 0.5) is 0 Å². The van der Waals surface area contributed by atoms with Gasteiger partial charge in [-0.25, -0.2) is 4.79 Å². The van der Waals surface area contributed by atoms with E-state index in [1.165, 1.54) is 0 Å². The van der Waals surface area contributed by atoms with Crippen LogP contribution in [0.15, 0.2) is 27.4 Å². The van der Waals surface area contributed by atoms with E-state index in [4.69, 9.17) is 13.9 Å². The van der Waals surface area contributed by atoms with Gasteiger partial charge in [-0.1, -0.05) is 0 Å². The summed E-state index contributed by atoms with van der Waals surface area (Å²) in [6, 6.07) is 5.68. The first kappa shape index (κ1) is 13.6. The van der Waals surface area contributed by atoms with E-state index >= 15 is 0 Å². The number of benzene rings is 1. The van der Waals surface area contributed by atoms with Crippen molar-refractivity contribution in [3.05, 3.63) is 32.3 Å². The summed E-state index contributed by atoms with van der Waals surface area (Å²) in [5, 5.41) is 0. The van der Waals surface area contributed by atoms with E-state index in [9.17, 15) is 4.79 Å². The lowest BCUT2D eigenvalue weighted by Crippen LogP contribution is -2.18. The summed E-state index contributed by atoms with van der Waals surface area (Å²) in [6.07, 6.45) is 0. The molecule has 0 saturated heterocycles. The Morgan fingerprint density at radius 3 is 2.94 bits per heavy atom. The second-order valence-electron chi connectivity index (χ2n) is 3.74. The highest BCUT2D eigenvalue weighted by atomic mass is 127. The molecule has 0 aliphatic heterocycles. The van der Waals surface area contributed by atoms with Gasteiger partial charge in [0.2, 0.25) is 0 Å². The molecular weight excluding hydrogens is 349 g/mol. The third-order valence-corrected chi connectivity index (χ3v) is 3.19. The Balaban J connectivity index is 2.08. The van der Waals surface area contributed by atoms with Crippen molar-refractivity contribution in [2.75, 3.05) is 26.9 Å². The van der Waals surface area contributed by atoms with Gasteiger partial charge in [-0.05, 0) is 40.8 Å². The van der Waals surface area contributed by atoms with E-state index in [1.54, 1.807) is 11.7 Å². The molecule has 0 spiro atoms. The van der Waals surface area contributed by atoms with Crippen molar-refractivity contribution >= 4 is 33.7 Å². The summed E-state index contributed by atoms with van der Waals surface area (Å²) in [5.41, 5.74) is 1.42. The summed E-state index contributed by atoms with van der Waals surface area (Å²) in [4.78, 5) is 11.7. The number of aromatic nitrogens is 1. The van der Waals surface area contributed by atoms with Crippen LogP contribution in [0.5, 0.6) is 0 Å². The van der Waals surface area contributed by atoms with Gasteiger partial charge < -0.3 is 13.9 Å². The van der Waals surface area contributed by atoms with Crippen LogP contribution in [0, 0.1) is 3.57 Å². The fourth-order valence-electron chi connectivity index (χ4n) is 1.65. The van der Waals surface area contributed by atoms with Gasteiger partial charge in [0.1, 0.15) is 0 Å². The Labute approximate surface area is 118 Å². The fraction of sp³-hybridized carbons (Fsp3) is 0.417. The summed E-state index contributed by atoms with van der Waals surface area (Å²) < 4.78 is 18.0. The van der Waals surface area contributed by atoms with Gasteiger partial charge in [0, 0.05) is 10.7 Å². The number of nitrogens with zero attached hydrogens (tertiary/aromatic N) is 1. The van der Waals surface area contributed by atoms with Gasteiger partial charge in [-0.15, -0.1) is 0 Å². The third kappa shape index (κ3) is 3.12. The predicted octanol–water partition coefficient (Wildman–Crippen LogP) is 1.86. The summed E-state index contributed by atoms with van der Waals surface area (Å²) in [5.74, 6) is -0.345. The Kier molecular flexibility index (Phi) is 4.79. The van der Waals surface area contributed by atoms with Crippen molar-refractivity contribution in [3.63, 3.8) is 0 Å². The molecule has 6 heteroatoms. The molecular formula is C12H14INO4. The van der Waals surface area contributed by atoms with E-state index in [2.05, 4.69) is 22.6 Å². The quantitative estimate of drug-likeness (QED) is 0.581. The molecule has 18 heavy (non-hydrogen) atoms. The number of halogens is 1. The molecule has 0 fully saturated rings. The van der Waals surface area contributed by atoms with E-state index in [-0.39, 0.29) is 5.76 Å². The average Bonchev–Trinajstić information content (AvgIpc) is 2.64. The van der Waals surface area contributed by atoms with Crippen molar-refractivity contribution in [1.82, 2.24) is 4.57 Å². The predicted molar refractivity (Wildman–Crippen MR) is 75.9 cm³/mol. The maximum Gasteiger partial charge on any atom is 0.420 e. The maximum atomic E-state index is 11.7. The van der Waals surface area contributed by atoms with E-state index in [1.807, 2.05) is 18.2 Å². The molecule has 5 nitrogen and oxygen atoms in total. The molecule has 1 heterocycles. The van der Waals surface area contributed by atoms with Crippen LogP contribution < -0.4 is 5.76 Å². The minimum Gasteiger partial charge on any atom is -0.408 e. The van der Waals surface area contributed by atoms with E-state index in [0.717, 1.165) is 9.09 Å². The minimum atomic E-state index is -0.345. The Morgan fingerprint density at radius 2 is 2.17 bits per heavy atom. The second-order valence-corrected chi connectivity index (χ2v) is 4.98. The van der Waals surface area contributed by atoms with Gasteiger partial charge >= 0.3 is 5.76 Å². The largest absolute Gasteiger partial charge is 0.420 e. The average molecular weight is 363 g/mol. The van der Waals surface area contributed by atoms with Gasteiger partial charge in [0.15, 0.2) is 5.58 Å². The molecule has 0 unspecified atom stereocenters. The van der Waals surface area contributed by atoms with Crippen LogP contribution in [0.1, 0.15) is 0 Å². The standard InChI is InChI=1S/C12H14INO4/c1-16-6-7-17-5-4-14-10-3-2-9(13)8-11(10)18-12(14)15/h2-3,8H,4-7H2,1H3. The monoisotopic (exact) mass is 363 g/mol. The molecule has 2 aromatic rings. The Bertz CT molecular complexity index is 575. The first-order valence-corrected chi connectivity index (χ1v) is 6.66. The van der Waals surface area contributed by atoms with Gasteiger partial charge in [-0.2, -0.15) is 0 Å². The number of hydrogen-bond acceptors (Lipinski definition) is 4. The number of fused-ring (bicyclic) bond motifs is 1. The zero-order valence-corrected chi connectivity index (χ0v) is 12.2. The van der Waals surface area contributed by atoms with Crippen molar-refractivity contribution in [2.45, 2.75) is 6.54 Å². The highest BCUT2D eigenvalue weighted by molar-refractivity contribution is 14.1. The first-order chi connectivity index (χ1) is 8.72. The highest BCUT2D eigenvalue weighted by Crippen LogP contribution is 2.16. The highest BCUT2D eigenvalue weighted by Gasteiger charge is 2.08. The minimum absolute atomic E-state index is 0.345. The van der Waals surface area contributed by atoms with Gasteiger partial charge in [-0.3, -0.25) is 4.57 Å². The summed E-state index contributed by atoms with van der Waals surface area (Å²) in [6.45, 7) is 2.03. The number of methoxy groups -OCH3 is 1. The Hall–Kier alpha value is -0.860. The van der Waals surface area contributed by atoms with Crippen LogP contribution in [0.2, 0.25) is 0 Å². The smallest absolute Gasteiger partial charge is 0.408 e. The molecule has 0 amide bonds. The zero-order valence-electron chi connectivity index (χ0n) is 10.0. The summed E-state index contributed by atoms with van der Waals surface area (Å²) >= 11 is 2.18. The molecule has 0 bridgehead atoms. The molecule has 0 atom stereocenters. The van der Waals surface area contributed by atoms with Crippen LogP contribution in [0.25, 0.3) is 11.1 Å². The van der Waals surface area contributed by atoms with E-state index in [0.29, 0.717) is 31.9 Å². The van der Waals surface area contributed by atoms with Crippen molar-refractivity contribution in [1.29, 1.82) is 0 Å². The molecule has 0 aliphatic carbocycles. The fourth-order valence-corrected chi connectivity index (χ4v) is 2.11. The normalized spacial score (nSPS) is 11.2. The zero-order chi connectivity index (χ0) is 13.0. The molecule has 0 aliphatic rings. The number of rotatable bonds is 6. The number of ether oxygens (including phenoxy) is 2. The van der Waals surface area contributed by atoms with Crippen LogP contribution in [-0.4, -0.2) is 31.5 Å². The van der Waals surface area contributed by atoms with Crippen LogP contribution >= 0.6 is 22.6 Å². The lowest BCUT2D eigenvalue weighted by atomic mass is 10.3. The number of hydrogen-bond donors (Lipinski definition) is 0. The molecule has 1 aromatic carbocycles. The van der Waals surface area contributed by atoms with E-state index < -0.39 is 0 Å². The molecule has 0 N–H and O–H groups in total. The van der Waals surface area contributed by atoms with Gasteiger partial charge in [0.25, 0.3) is 0 Å². The SMILES string of the molecule is COCCOCCn1c(=O)oc2cc(I)ccc21. The molecule has 2 rings (SSSR count). The van der Waals surface area contributed by atoms with Gasteiger partial charge in [0.05, 0.1) is 31.9 Å². The molecule has 0 radical (unpaired) electrons. The first-order valence-electron chi connectivity index (χ1n) is 5.58. The molecule has 98 valence electrons. The molecule has 0 saturated carbocycles. The number of oxazole rings is 1. The van der Waals surface area contributed by atoms with Crippen molar-refractivity contribution in [2.24, 2.45) is 0 Å². The Morgan fingerprint density at radius 1 is 1.33 bits per heavy atom. The van der Waals surface area contributed by atoms with Crippen molar-refractivity contribution in [3.8, 4) is 0 Å². The summed E-state index contributed by atoms with van der Waals surface area (Å²) in [7, 11) is 1.62. The maximum absolute atomic E-state index is 11.7. The lowest BCUT2D eigenvalue weighted by Gasteiger charge is -2.04. The lowest BCUT2D eigenvalue weighted by molar-refractivity contribution is 0.0663. The topological polar surface area (TPSA) is 53.6 Å². The van der Waals surface area contributed by atoms with Crippen LogP contribution in [0.3, 0.4) is 0 Å². The second kappa shape index (κ2) is 6.35.